The minimum atomic E-state index is -0.149. The maximum atomic E-state index is 12.5. The Labute approximate surface area is 136 Å². The first-order valence-electron chi connectivity index (χ1n) is 7.53. The summed E-state index contributed by atoms with van der Waals surface area (Å²) in [7, 11) is 3.40. The Hall–Kier alpha value is -2.63. The van der Waals surface area contributed by atoms with E-state index in [4.69, 9.17) is 10.5 Å². The molecule has 0 spiro atoms. The standard InChI is InChI=1S/C17H22N4O2/c1-5-10-23-13-8-6-12(7-9-13)15-14(16(22)21(3)4)11(2)19-17(18)20-15/h6-9H,5,10H2,1-4H3,(H2,18,19,20). The molecule has 0 unspecified atom stereocenters. The number of nitrogen functional groups attached to an aromatic ring is 1. The van der Waals surface area contributed by atoms with Crippen molar-refractivity contribution in [2.24, 2.45) is 0 Å². The van der Waals surface area contributed by atoms with Gasteiger partial charge in [-0.15, -0.1) is 0 Å². The predicted octanol–water partition coefficient (Wildman–Crippen LogP) is 2.52. The Bertz CT molecular complexity index is 696. The van der Waals surface area contributed by atoms with Crippen LogP contribution < -0.4 is 10.5 Å². The summed E-state index contributed by atoms with van der Waals surface area (Å²) in [6, 6.07) is 7.47. The zero-order valence-electron chi connectivity index (χ0n) is 14.0. The smallest absolute Gasteiger partial charge is 0.257 e. The zero-order chi connectivity index (χ0) is 17.0. The van der Waals surface area contributed by atoms with Gasteiger partial charge < -0.3 is 15.4 Å². The van der Waals surface area contributed by atoms with Gasteiger partial charge in [0.1, 0.15) is 5.75 Å². The number of aryl methyl sites for hydroxylation is 1. The van der Waals surface area contributed by atoms with Crippen LogP contribution in [0, 0.1) is 6.92 Å². The Kier molecular flexibility index (Phi) is 5.16. The van der Waals surface area contributed by atoms with Crippen molar-refractivity contribution in [2.45, 2.75) is 20.3 Å². The summed E-state index contributed by atoms with van der Waals surface area (Å²) in [4.78, 5) is 22.4. The minimum absolute atomic E-state index is 0.149. The first-order valence-corrected chi connectivity index (χ1v) is 7.53. The van der Waals surface area contributed by atoms with Gasteiger partial charge in [0, 0.05) is 19.7 Å². The number of nitrogens with zero attached hydrogens (tertiary/aromatic N) is 3. The molecule has 1 aromatic carbocycles. The van der Waals surface area contributed by atoms with E-state index in [2.05, 4.69) is 16.9 Å². The SMILES string of the molecule is CCCOc1ccc(-c2nc(N)nc(C)c2C(=O)N(C)C)cc1. The summed E-state index contributed by atoms with van der Waals surface area (Å²) in [5.41, 5.74) is 8.14. The molecule has 0 saturated carbocycles. The molecular weight excluding hydrogens is 292 g/mol. The van der Waals surface area contributed by atoms with Crippen LogP contribution in [0.25, 0.3) is 11.3 Å². The fraction of sp³-hybridized carbons (Fsp3) is 0.353. The molecule has 0 radical (unpaired) electrons. The molecule has 0 bridgehead atoms. The normalized spacial score (nSPS) is 10.4. The molecule has 1 aromatic heterocycles. The van der Waals surface area contributed by atoms with E-state index < -0.39 is 0 Å². The Balaban J connectivity index is 2.47. The van der Waals surface area contributed by atoms with Crippen LogP contribution in [0.15, 0.2) is 24.3 Å². The molecule has 122 valence electrons. The molecule has 23 heavy (non-hydrogen) atoms. The molecule has 0 aliphatic carbocycles. The summed E-state index contributed by atoms with van der Waals surface area (Å²) >= 11 is 0. The lowest BCUT2D eigenvalue weighted by atomic mass is 10.0. The zero-order valence-corrected chi connectivity index (χ0v) is 14.0. The molecule has 0 aliphatic rings. The number of benzene rings is 1. The fourth-order valence-corrected chi connectivity index (χ4v) is 2.21. The molecule has 1 heterocycles. The summed E-state index contributed by atoms with van der Waals surface area (Å²) in [6.07, 6.45) is 0.949. The Morgan fingerprint density at radius 3 is 2.43 bits per heavy atom. The van der Waals surface area contributed by atoms with Crippen molar-refractivity contribution in [1.29, 1.82) is 0 Å². The first-order chi connectivity index (χ1) is 10.9. The van der Waals surface area contributed by atoms with Crippen LogP contribution in [0.5, 0.6) is 5.75 Å². The summed E-state index contributed by atoms with van der Waals surface area (Å²) < 4.78 is 5.58. The lowest BCUT2D eigenvalue weighted by Gasteiger charge is -2.16. The van der Waals surface area contributed by atoms with Crippen molar-refractivity contribution in [3.63, 3.8) is 0 Å². The van der Waals surface area contributed by atoms with Gasteiger partial charge in [0.25, 0.3) is 5.91 Å². The fourth-order valence-electron chi connectivity index (χ4n) is 2.21. The maximum absolute atomic E-state index is 12.5. The number of carbonyl (C=O) groups is 1. The molecule has 1 amide bonds. The van der Waals surface area contributed by atoms with Crippen LogP contribution >= 0.6 is 0 Å². The topological polar surface area (TPSA) is 81.3 Å². The second-order valence-electron chi connectivity index (χ2n) is 5.46. The molecule has 2 aromatic rings. The quantitative estimate of drug-likeness (QED) is 0.917. The molecule has 0 atom stereocenters. The second kappa shape index (κ2) is 7.09. The Morgan fingerprint density at radius 1 is 1.22 bits per heavy atom. The van der Waals surface area contributed by atoms with Crippen LogP contribution in [-0.2, 0) is 0 Å². The third kappa shape index (κ3) is 3.77. The highest BCUT2D eigenvalue weighted by molar-refractivity contribution is 6.00. The van der Waals surface area contributed by atoms with Crippen molar-refractivity contribution < 1.29 is 9.53 Å². The highest BCUT2D eigenvalue weighted by Gasteiger charge is 2.20. The van der Waals surface area contributed by atoms with E-state index in [0.717, 1.165) is 17.7 Å². The number of ether oxygens (including phenoxy) is 1. The van der Waals surface area contributed by atoms with E-state index in [-0.39, 0.29) is 11.9 Å². The average molecular weight is 314 g/mol. The second-order valence-corrected chi connectivity index (χ2v) is 5.46. The number of rotatable bonds is 5. The summed E-state index contributed by atoms with van der Waals surface area (Å²) in [5.74, 6) is 0.790. The number of anilines is 1. The maximum Gasteiger partial charge on any atom is 0.257 e. The molecule has 6 heteroatoms. The highest BCUT2D eigenvalue weighted by Crippen LogP contribution is 2.27. The van der Waals surface area contributed by atoms with Gasteiger partial charge in [-0.2, -0.15) is 0 Å². The van der Waals surface area contributed by atoms with Crippen LogP contribution in [0.3, 0.4) is 0 Å². The number of nitrogens with two attached hydrogens (primary N) is 1. The molecule has 2 N–H and O–H groups in total. The van der Waals surface area contributed by atoms with Gasteiger partial charge in [0.2, 0.25) is 5.95 Å². The molecule has 0 saturated heterocycles. The van der Waals surface area contributed by atoms with Crippen molar-refractivity contribution in [3.05, 3.63) is 35.5 Å². The van der Waals surface area contributed by atoms with Gasteiger partial charge in [-0.3, -0.25) is 4.79 Å². The van der Waals surface area contributed by atoms with Crippen molar-refractivity contribution in [3.8, 4) is 17.0 Å². The van der Waals surface area contributed by atoms with E-state index in [1.165, 1.54) is 4.90 Å². The van der Waals surface area contributed by atoms with E-state index in [1.54, 1.807) is 21.0 Å². The van der Waals surface area contributed by atoms with Gasteiger partial charge in [-0.25, -0.2) is 9.97 Å². The van der Waals surface area contributed by atoms with Gasteiger partial charge in [-0.1, -0.05) is 6.92 Å². The van der Waals surface area contributed by atoms with Gasteiger partial charge in [0.15, 0.2) is 0 Å². The van der Waals surface area contributed by atoms with Crippen molar-refractivity contribution in [1.82, 2.24) is 14.9 Å². The minimum Gasteiger partial charge on any atom is -0.494 e. The van der Waals surface area contributed by atoms with Gasteiger partial charge in [0.05, 0.1) is 23.6 Å². The number of aromatic nitrogens is 2. The van der Waals surface area contributed by atoms with Gasteiger partial charge >= 0.3 is 0 Å². The largest absolute Gasteiger partial charge is 0.494 e. The third-order valence-electron chi connectivity index (χ3n) is 3.33. The third-order valence-corrected chi connectivity index (χ3v) is 3.33. The molecule has 6 nitrogen and oxygen atoms in total. The lowest BCUT2D eigenvalue weighted by Crippen LogP contribution is -2.24. The first kappa shape index (κ1) is 16.7. The lowest BCUT2D eigenvalue weighted by molar-refractivity contribution is 0.0827. The summed E-state index contributed by atoms with van der Waals surface area (Å²) in [5, 5.41) is 0. The Morgan fingerprint density at radius 2 is 1.87 bits per heavy atom. The molecular formula is C17H22N4O2. The number of carbonyl (C=O) groups excluding carboxylic acids is 1. The highest BCUT2D eigenvalue weighted by atomic mass is 16.5. The van der Waals surface area contributed by atoms with Crippen molar-refractivity contribution in [2.75, 3.05) is 26.4 Å². The van der Waals surface area contributed by atoms with Crippen LogP contribution in [0.2, 0.25) is 0 Å². The van der Waals surface area contributed by atoms with Crippen LogP contribution in [0.4, 0.5) is 5.95 Å². The van der Waals surface area contributed by atoms with E-state index >= 15 is 0 Å². The van der Waals surface area contributed by atoms with Crippen molar-refractivity contribution >= 4 is 11.9 Å². The van der Waals surface area contributed by atoms with E-state index in [1.807, 2.05) is 24.3 Å². The molecule has 2 rings (SSSR count). The van der Waals surface area contributed by atoms with E-state index in [0.29, 0.717) is 23.6 Å². The molecule has 0 aliphatic heterocycles. The van der Waals surface area contributed by atoms with Gasteiger partial charge in [-0.05, 0) is 37.6 Å². The number of hydrogen-bond donors (Lipinski definition) is 1. The van der Waals surface area contributed by atoms with Crippen LogP contribution in [-0.4, -0.2) is 41.5 Å². The van der Waals surface area contributed by atoms with E-state index in [9.17, 15) is 4.79 Å². The molecule has 0 fully saturated rings. The summed E-state index contributed by atoms with van der Waals surface area (Å²) in [6.45, 7) is 4.49. The number of hydrogen-bond acceptors (Lipinski definition) is 5. The monoisotopic (exact) mass is 314 g/mol. The van der Waals surface area contributed by atoms with Crippen LogP contribution in [0.1, 0.15) is 29.4 Å². The average Bonchev–Trinajstić information content (AvgIpc) is 2.52. The number of amides is 1. The predicted molar refractivity (Wildman–Crippen MR) is 90.4 cm³/mol.